The molecule has 0 unspecified atom stereocenters. The van der Waals surface area contributed by atoms with Gasteiger partial charge in [0.1, 0.15) is 11.5 Å². The van der Waals surface area contributed by atoms with E-state index in [0.29, 0.717) is 43.6 Å². The summed E-state index contributed by atoms with van der Waals surface area (Å²) in [6, 6.07) is 31.7. The van der Waals surface area contributed by atoms with E-state index in [2.05, 4.69) is 10.2 Å². The number of carboxylic acids is 1. The van der Waals surface area contributed by atoms with Crippen molar-refractivity contribution in [3.05, 3.63) is 137 Å². The maximum atomic E-state index is 14.2. The fourth-order valence-corrected chi connectivity index (χ4v) is 11.4. The SMILES string of the molecule is CN(CCOC(=O)CSCC(=O)O)CC[C@H](CSc1ccccc1)Nc1ccc(S(=O)(=O)NC(=O)c2ccc(N3CCC([C@@H](O)c4ccccc4-c4ccc(Cl)cc4)CC3)cc2)cc1S(=O)(=O)C(F)(F)F. The molecule has 1 saturated heterocycles. The number of sulfonamides is 1. The second-order valence-corrected chi connectivity index (χ2v) is 22.7. The molecular formula is C49H52ClF3N4O10S4. The number of aliphatic hydroxyl groups excluding tert-OH is 1. The first-order valence-corrected chi connectivity index (χ1v) is 27.7. The van der Waals surface area contributed by atoms with Crippen molar-refractivity contribution in [3.8, 4) is 11.1 Å². The Labute approximate surface area is 424 Å². The maximum Gasteiger partial charge on any atom is 0.501 e. The van der Waals surface area contributed by atoms with E-state index < -0.39 is 70.8 Å². The molecule has 0 aromatic heterocycles. The highest BCUT2D eigenvalue weighted by Crippen LogP contribution is 2.39. The van der Waals surface area contributed by atoms with Crippen molar-refractivity contribution in [1.29, 1.82) is 0 Å². The van der Waals surface area contributed by atoms with Gasteiger partial charge in [0, 0.05) is 52.6 Å². The number of benzene rings is 5. The number of anilines is 2. The molecule has 0 radical (unpaired) electrons. The Hall–Kier alpha value is -5.29. The number of thioether (sulfide) groups is 2. The number of likely N-dealkylation sites (N-methyl/N-ethyl adjacent to an activating group) is 1. The Balaban J connectivity index is 1.11. The van der Waals surface area contributed by atoms with Crippen LogP contribution in [-0.4, -0.2) is 118 Å². The number of halogens is 4. The van der Waals surface area contributed by atoms with E-state index in [1.807, 2.05) is 53.3 Å². The number of alkyl halides is 3. The molecule has 2 atom stereocenters. The van der Waals surface area contributed by atoms with Gasteiger partial charge in [-0.1, -0.05) is 66.2 Å². The summed E-state index contributed by atoms with van der Waals surface area (Å²) in [7, 11) is -9.39. The number of piperidine rings is 1. The van der Waals surface area contributed by atoms with E-state index in [1.165, 1.54) is 23.9 Å². The molecule has 6 rings (SSSR count). The molecule has 0 aliphatic carbocycles. The van der Waals surface area contributed by atoms with E-state index in [9.17, 15) is 49.5 Å². The van der Waals surface area contributed by atoms with Crippen molar-refractivity contribution in [2.75, 3.05) is 67.3 Å². The summed E-state index contributed by atoms with van der Waals surface area (Å²) < 4.78 is 103. The number of aliphatic hydroxyl groups is 1. The Morgan fingerprint density at radius 3 is 2.20 bits per heavy atom. The van der Waals surface area contributed by atoms with Crippen LogP contribution in [0.25, 0.3) is 11.1 Å². The molecule has 1 heterocycles. The largest absolute Gasteiger partial charge is 0.501 e. The topological polar surface area (TPSA) is 200 Å². The Morgan fingerprint density at radius 1 is 0.873 bits per heavy atom. The van der Waals surface area contributed by atoms with Crippen LogP contribution in [0.1, 0.15) is 41.3 Å². The molecule has 4 N–H and O–H groups in total. The van der Waals surface area contributed by atoms with Crippen LogP contribution >= 0.6 is 35.1 Å². The minimum absolute atomic E-state index is 0.0264. The van der Waals surface area contributed by atoms with Crippen molar-refractivity contribution in [1.82, 2.24) is 9.62 Å². The van der Waals surface area contributed by atoms with Crippen molar-refractivity contribution >= 4 is 84.2 Å². The number of carbonyl (C=O) groups excluding carboxylic acids is 2. The number of aliphatic carboxylic acids is 1. The molecule has 1 amide bonds. The molecule has 5 aromatic carbocycles. The molecular weight excluding hydrogens is 1030 g/mol. The van der Waals surface area contributed by atoms with Crippen molar-refractivity contribution < 1.29 is 59.3 Å². The van der Waals surface area contributed by atoms with Gasteiger partial charge in [0.25, 0.3) is 25.8 Å². The number of rotatable bonds is 23. The molecule has 0 bridgehead atoms. The average molecular weight is 1080 g/mol. The van der Waals surface area contributed by atoms with Gasteiger partial charge < -0.3 is 30.1 Å². The molecule has 1 aliphatic heterocycles. The molecule has 71 heavy (non-hydrogen) atoms. The quantitative estimate of drug-likeness (QED) is 0.0358. The van der Waals surface area contributed by atoms with Crippen molar-refractivity contribution in [3.63, 3.8) is 0 Å². The normalized spacial score (nSPS) is 14.4. The first-order chi connectivity index (χ1) is 33.7. The number of ether oxygens (including phenoxy) is 1. The summed E-state index contributed by atoms with van der Waals surface area (Å²) in [5.41, 5.74) is -3.03. The zero-order valence-corrected chi connectivity index (χ0v) is 42.3. The zero-order chi connectivity index (χ0) is 51.3. The summed E-state index contributed by atoms with van der Waals surface area (Å²) in [6.07, 6.45) is 0.821. The van der Waals surface area contributed by atoms with Gasteiger partial charge in [0.05, 0.1) is 28.2 Å². The molecule has 22 heteroatoms. The third kappa shape index (κ3) is 15.4. The number of sulfone groups is 1. The number of nitrogens with one attached hydrogen (secondary N) is 2. The van der Waals surface area contributed by atoms with Gasteiger partial charge in [-0.05, 0) is 122 Å². The fraction of sp³-hybridized carbons (Fsp3) is 0.327. The summed E-state index contributed by atoms with van der Waals surface area (Å²) in [5.74, 6) is -2.99. The Kier molecular flexibility index (Phi) is 19.3. The molecule has 380 valence electrons. The van der Waals surface area contributed by atoms with E-state index in [1.54, 1.807) is 54.4 Å². The van der Waals surface area contributed by atoms with E-state index in [4.69, 9.17) is 21.4 Å². The van der Waals surface area contributed by atoms with Crippen LogP contribution in [0.4, 0.5) is 24.5 Å². The fourth-order valence-electron chi connectivity index (χ4n) is 7.77. The highest BCUT2D eigenvalue weighted by molar-refractivity contribution is 8.00. The first kappa shape index (κ1) is 55.0. The average Bonchev–Trinajstić information content (AvgIpc) is 3.34. The summed E-state index contributed by atoms with van der Waals surface area (Å²) in [6.45, 7) is 1.68. The number of nitrogens with zero attached hydrogens (tertiary/aromatic N) is 2. The van der Waals surface area contributed by atoms with Crippen molar-refractivity contribution in [2.24, 2.45) is 5.92 Å². The van der Waals surface area contributed by atoms with Crippen LogP contribution < -0.4 is 14.9 Å². The summed E-state index contributed by atoms with van der Waals surface area (Å²) in [4.78, 5) is 38.4. The third-order valence-electron chi connectivity index (χ3n) is 11.6. The first-order valence-electron chi connectivity index (χ1n) is 22.2. The lowest BCUT2D eigenvalue weighted by molar-refractivity contribution is -0.140. The van der Waals surface area contributed by atoms with Crippen LogP contribution in [0.3, 0.4) is 0 Å². The molecule has 0 saturated carbocycles. The zero-order valence-electron chi connectivity index (χ0n) is 38.3. The number of esters is 1. The third-order valence-corrected chi connectivity index (χ3v) is 16.8. The van der Waals surface area contributed by atoms with Crippen LogP contribution in [0.15, 0.2) is 136 Å². The minimum atomic E-state index is -6.16. The molecule has 14 nitrogen and oxygen atoms in total. The van der Waals surface area contributed by atoms with Crippen LogP contribution in [0.2, 0.25) is 5.02 Å². The molecule has 5 aromatic rings. The smallest absolute Gasteiger partial charge is 0.481 e. The van der Waals surface area contributed by atoms with Crippen LogP contribution in [-0.2, 0) is 34.2 Å². The standard InChI is InChI=1S/C49H52ClF3N4O10S4/c1-56(27-28-67-46(60)32-68-31-45(58)59)24-23-37(30-69-39-7-3-2-4-8-39)54-43-20-19-40(29-44(43)70(63,64)49(51,52)53)71(65,66)55-48(62)35-13-17-38(18-14-35)57-25-21-34(22-26-57)47(61)42-10-6-5-9-41(42)33-11-15-36(50)16-12-33/h2-20,29,34,37,47,54,61H,21-28,30-32H2,1H3,(H,55,62)(H,58,59)/t37-,47-/m1/s1. The molecule has 1 aliphatic rings. The number of hydrogen-bond acceptors (Lipinski definition) is 14. The number of hydrogen-bond donors (Lipinski definition) is 4. The lowest BCUT2D eigenvalue weighted by Gasteiger charge is -2.36. The number of carboxylic acid groups (broad SMARTS) is 1. The highest BCUT2D eigenvalue weighted by Gasteiger charge is 2.48. The monoisotopic (exact) mass is 1080 g/mol. The molecule has 1 fully saturated rings. The Bertz CT molecular complexity index is 2840. The van der Waals surface area contributed by atoms with Crippen LogP contribution in [0, 0.1) is 5.92 Å². The second kappa shape index (κ2) is 24.9. The van der Waals surface area contributed by atoms with Gasteiger partial charge >= 0.3 is 17.4 Å². The highest BCUT2D eigenvalue weighted by atomic mass is 35.5. The lowest BCUT2D eigenvalue weighted by atomic mass is 9.84. The number of amides is 1. The van der Waals surface area contributed by atoms with Gasteiger partial charge in [-0.25, -0.2) is 21.6 Å². The van der Waals surface area contributed by atoms with E-state index in [0.717, 1.165) is 51.2 Å². The summed E-state index contributed by atoms with van der Waals surface area (Å²) >= 11 is 8.33. The predicted molar refractivity (Wildman–Crippen MR) is 270 cm³/mol. The van der Waals surface area contributed by atoms with Gasteiger partial charge in [-0.15, -0.1) is 23.5 Å². The van der Waals surface area contributed by atoms with E-state index >= 15 is 0 Å². The van der Waals surface area contributed by atoms with Gasteiger partial charge in [0.15, 0.2) is 0 Å². The lowest BCUT2D eigenvalue weighted by Crippen LogP contribution is -2.36. The van der Waals surface area contributed by atoms with Gasteiger partial charge in [-0.2, -0.15) is 13.2 Å². The maximum absolute atomic E-state index is 14.2. The second-order valence-electron chi connectivity index (χ2n) is 16.6. The van der Waals surface area contributed by atoms with Gasteiger partial charge in [0.2, 0.25) is 0 Å². The van der Waals surface area contributed by atoms with Gasteiger partial charge in [-0.3, -0.25) is 14.4 Å². The number of carbonyl (C=O) groups is 3. The van der Waals surface area contributed by atoms with Crippen LogP contribution in [0.5, 0.6) is 0 Å². The van der Waals surface area contributed by atoms with E-state index in [-0.39, 0.29) is 48.3 Å². The predicted octanol–water partition coefficient (Wildman–Crippen LogP) is 8.62. The van der Waals surface area contributed by atoms with Crippen molar-refractivity contribution in [2.45, 2.75) is 51.6 Å². The molecule has 0 spiro atoms. The Morgan fingerprint density at radius 2 is 1.54 bits per heavy atom. The summed E-state index contributed by atoms with van der Waals surface area (Å²) in [5, 5.41) is 23.8. The minimum Gasteiger partial charge on any atom is -0.481 e.